The van der Waals surface area contributed by atoms with E-state index >= 15 is 0 Å². The van der Waals surface area contributed by atoms with Crippen LogP contribution in [0.4, 0.5) is 5.69 Å². The maximum absolute atomic E-state index is 14.7. The highest BCUT2D eigenvalue weighted by Crippen LogP contribution is 2.37. The molecule has 4 rings (SSSR count). The third-order valence-corrected chi connectivity index (χ3v) is 9.88. The molecule has 4 aromatic carbocycles. The summed E-state index contributed by atoms with van der Waals surface area (Å²) < 4.78 is 46.3. The predicted molar refractivity (Wildman–Crippen MR) is 191 cm³/mol. The maximum atomic E-state index is 14.7. The fourth-order valence-corrected chi connectivity index (χ4v) is 7.00. The van der Waals surface area contributed by atoms with Crippen LogP contribution in [0.15, 0.2) is 95.9 Å². The molecule has 49 heavy (non-hydrogen) atoms. The van der Waals surface area contributed by atoms with E-state index in [0.717, 1.165) is 21.0 Å². The van der Waals surface area contributed by atoms with Crippen molar-refractivity contribution in [3.63, 3.8) is 0 Å². The predicted octanol–water partition coefficient (Wildman–Crippen LogP) is 6.04. The Kier molecular flexibility index (Phi) is 12.9. The van der Waals surface area contributed by atoms with Gasteiger partial charge in [-0.25, -0.2) is 8.42 Å². The second kappa shape index (κ2) is 17.1. The Hall–Kier alpha value is -4.74. The van der Waals surface area contributed by atoms with E-state index in [4.69, 9.17) is 25.8 Å². The van der Waals surface area contributed by atoms with Crippen molar-refractivity contribution >= 4 is 39.1 Å². The van der Waals surface area contributed by atoms with Crippen LogP contribution < -0.4 is 23.8 Å². The minimum Gasteiger partial charge on any atom is -0.495 e. The number of benzene rings is 4. The van der Waals surface area contributed by atoms with Crippen LogP contribution in [-0.4, -0.2) is 65.6 Å². The lowest BCUT2D eigenvalue weighted by atomic mass is 10.0. The van der Waals surface area contributed by atoms with Gasteiger partial charge in [-0.05, 0) is 54.8 Å². The van der Waals surface area contributed by atoms with Crippen molar-refractivity contribution in [2.45, 2.75) is 44.2 Å². The number of hydrogen-bond acceptors (Lipinski definition) is 7. The van der Waals surface area contributed by atoms with Gasteiger partial charge in [-0.3, -0.25) is 13.9 Å². The minimum atomic E-state index is -4.48. The number of amides is 2. The molecule has 1 N–H and O–H groups in total. The summed E-state index contributed by atoms with van der Waals surface area (Å²) in [7, 11) is -0.239. The van der Waals surface area contributed by atoms with Crippen LogP contribution >= 0.6 is 11.6 Å². The first-order valence-electron chi connectivity index (χ1n) is 15.8. The lowest BCUT2D eigenvalue weighted by Gasteiger charge is -2.34. The van der Waals surface area contributed by atoms with Crippen LogP contribution in [0.25, 0.3) is 0 Å². The minimum absolute atomic E-state index is 0.0451. The monoisotopic (exact) mass is 707 g/mol. The molecule has 0 unspecified atom stereocenters. The number of ether oxygens (including phenoxy) is 3. The van der Waals surface area contributed by atoms with Gasteiger partial charge < -0.3 is 24.4 Å². The van der Waals surface area contributed by atoms with Crippen molar-refractivity contribution in [1.82, 2.24) is 10.2 Å². The molecular weight excluding hydrogens is 666 g/mol. The van der Waals surface area contributed by atoms with Crippen molar-refractivity contribution < 1.29 is 32.2 Å². The molecule has 0 saturated carbocycles. The average molecular weight is 708 g/mol. The zero-order valence-corrected chi connectivity index (χ0v) is 29.9. The number of halogens is 1. The molecule has 12 heteroatoms. The van der Waals surface area contributed by atoms with Crippen LogP contribution in [0.3, 0.4) is 0 Å². The summed E-state index contributed by atoms with van der Waals surface area (Å²) in [5, 5.41) is 3.18. The Morgan fingerprint density at radius 1 is 0.816 bits per heavy atom. The van der Waals surface area contributed by atoms with Crippen LogP contribution in [0.1, 0.15) is 30.0 Å². The number of carbonyl (C=O) groups excluding carboxylic acids is 2. The maximum Gasteiger partial charge on any atom is 0.265 e. The van der Waals surface area contributed by atoms with E-state index in [-0.39, 0.29) is 46.0 Å². The molecule has 0 bridgehead atoms. The van der Waals surface area contributed by atoms with E-state index in [9.17, 15) is 18.0 Å². The summed E-state index contributed by atoms with van der Waals surface area (Å²) >= 11 is 6.39. The highest BCUT2D eigenvalue weighted by molar-refractivity contribution is 7.92. The van der Waals surface area contributed by atoms with Gasteiger partial charge in [0.25, 0.3) is 10.0 Å². The summed E-state index contributed by atoms with van der Waals surface area (Å²) in [6.45, 7) is 3.67. The van der Waals surface area contributed by atoms with Gasteiger partial charge in [0.15, 0.2) is 11.5 Å². The SMILES string of the molecule is CCCNC(=O)[C@@H](Cc1ccccc1)N(Cc1cccc(C)c1)C(=O)CN(c1cc(Cl)ccc1OC)S(=O)(=O)c1ccc(OC)c(OC)c1. The molecule has 2 amide bonds. The molecule has 0 fully saturated rings. The molecule has 0 aliphatic rings. The van der Waals surface area contributed by atoms with Gasteiger partial charge >= 0.3 is 0 Å². The molecule has 0 radical (unpaired) electrons. The van der Waals surface area contributed by atoms with Crippen LogP contribution in [-0.2, 0) is 32.6 Å². The summed E-state index contributed by atoms with van der Waals surface area (Å²) in [6, 6.07) is 24.7. The molecule has 1 atom stereocenters. The smallest absolute Gasteiger partial charge is 0.265 e. The molecule has 4 aromatic rings. The number of carbonyl (C=O) groups is 2. The number of aryl methyl sites for hydroxylation is 1. The van der Waals surface area contributed by atoms with E-state index in [0.29, 0.717) is 18.7 Å². The molecule has 260 valence electrons. The number of methoxy groups -OCH3 is 3. The fourth-order valence-electron chi connectivity index (χ4n) is 5.40. The Morgan fingerprint density at radius 3 is 2.14 bits per heavy atom. The second-order valence-electron chi connectivity index (χ2n) is 11.4. The highest BCUT2D eigenvalue weighted by Gasteiger charge is 2.36. The second-order valence-corrected chi connectivity index (χ2v) is 13.7. The van der Waals surface area contributed by atoms with Crippen LogP contribution in [0.2, 0.25) is 5.02 Å². The van der Waals surface area contributed by atoms with Gasteiger partial charge in [-0.2, -0.15) is 0 Å². The molecule has 0 aliphatic heterocycles. The Morgan fingerprint density at radius 2 is 1.49 bits per heavy atom. The Labute approximate surface area is 293 Å². The van der Waals surface area contributed by atoms with E-state index in [1.54, 1.807) is 6.07 Å². The molecule has 10 nitrogen and oxygen atoms in total. The van der Waals surface area contributed by atoms with Gasteiger partial charge in [-0.15, -0.1) is 0 Å². The van der Waals surface area contributed by atoms with Gasteiger partial charge in [0, 0.05) is 30.6 Å². The summed E-state index contributed by atoms with van der Waals surface area (Å²) in [5.74, 6) is -0.269. The van der Waals surface area contributed by atoms with Crippen molar-refractivity contribution in [1.29, 1.82) is 0 Å². The van der Waals surface area contributed by atoms with Crippen molar-refractivity contribution in [3.05, 3.63) is 113 Å². The van der Waals surface area contributed by atoms with Gasteiger partial charge in [0.1, 0.15) is 18.3 Å². The number of anilines is 1. The van der Waals surface area contributed by atoms with E-state index in [2.05, 4.69) is 5.32 Å². The third-order valence-electron chi connectivity index (χ3n) is 7.89. The quantitative estimate of drug-likeness (QED) is 0.151. The molecule has 0 heterocycles. The highest BCUT2D eigenvalue weighted by atomic mass is 35.5. The fraction of sp³-hybridized carbons (Fsp3) is 0.297. The summed E-state index contributed by atoms with van der Waals surface area (Å²) in [4.78, 5) is 29.9. The Bertz CT molecular complexity index is 1850. The van der Waals surface area contributed by atoms with Gasteiger partial charge in [0.05, 0.1) is 31.9 Å². The van der Waals surface area contributed by atoms with Crippen LogP contribution in [0, 0.1) is 6.92 Å². The molecular formula is C37H42ClN3O7S. The number of nitrogens with one attached hydrogen (secondary N) is 1. The number of hydrogen-bond donors (Lipinski definition) is 1. The zero-order valence-electron chi connectivity index (χ0n) is 28.3. The lowest BCUT2D eigenvalue weighted by Crippen LogP contribution is -2.53. The number of rotatable bonds is 16. The van der Waals surface area contributed by atoms with Crippen molar-refractivity contribution in [3.8, 4) is 17.2 Å². The average Bonchev–Trinajstić information content (AvgIpc) is 3.10. The largest absolute Gasteiger partial charge is 0.495 e. The van der Waals surface area contributed by atoms with E-state index < -0.39 is 28.5 Å². The lowest BCUT2D eigenvalue weighted by molar-refractivity contribution is -0.140. The van der Waals surface area contributed by atoms with Gasteiger partial charge in [0.2, 0.25) is 11.8 Å². The number of nitrogens with zero attached hydrogens (tertiary/aromatic N) is 2. The van der Waals surface area contributed by atoms with Crippen LogP contribution in [0.5, 0.6) is 17.2 Å². The standard InChI is InChI=1S/C37H42ClN3O7S/c1-6-19-39-37(43)32(21-27-12-8-7-9-13-27)40(24-28-14-10-11-26(2)20-28)36(42)25-41(31-22-29(38)15-17-33(31)46-3)49(44,45)30-16-18-34(47-4)35(23-30)48-5/h7-18,20,22-23,32H,6,19,21,24-25H2,1-5H3,(H,39,43)/t32-/m1/s1. The number of sulfonamides is 1. The topological polar surface area (TPSA) is 114 Å². The normalized spacial score (nSPS) is 11.7. The first kappa shape index (κ1) is 37.1. The van der Waals surface area contributed by atoms with E-state index in [1.165, 1.54) is 56.6 Å². The van der Waals surface area contributed by atoms with Gasteiger partial charge in [-0.1, -0.05) is 78.7 Å². The summed E-state index contributed by atoms with van der Waals surface area (Å²) in [6.07, 6.45) is 0.901. The van der Waals surface area contributed by atoms with Crippen molar-refractivity contribution in [2.75, 3.05) is 38.7 Å². The summed E-state index contributed by atoms with van der Waals surface area (Å²) in [5.41, 5.74) is 2.64. The molecule has 0 aliphatic carbocycles. The van der Waals surface area contributed by atoms with E-state index in [1.807, 2.05) is 68.4 Å². The third kappa shape index (κ3) is 9.24. The first-order chi connectivity index (χ1) is 23.5. The molecule has 0 spiro atoms. The molecule has 0 aromatic heterocycles. The Balaban J connectivity index is 1.88. The van der Waals surface area contributed by atoms with Crippen molar-refractivity contribution in [2.24, 2.45) is 0 Å². The first-order valence-corrected chi connectivity index (χ1v) is 17.6. The molecule has 0 saturated heterocycles. The zero-order chi connectivity index (χ0) is 35.6.